The Kier molecular flexibility index (Phi) is 5.54. The standard InChI is InChI=1S/C23H24FN5O2/c1-4-10-29-19(12-18-20(22(29)30)13(2)27-23(25)28-18)15-8-7-14(24)11-17(15)16-6-5-9-26-21(16)31-3/h5-9,11,19H,4,10,12H2,1-3H3,(H2,25,27,28)/t19-/m1/s1. The van der Waals surface area contributed by atoms with E-state index in [1.807, 2.05) is 17.9 Å². The average Bonchev–Trinajstić information content (AvgIpc) is 2.75. The summed E-state index contributed by atoms with van der Waals surface area (Å²) in [4.78, 5) is 28.1. The molecule has 0 saturated heterocycles. The van der Waals surface area contributed by atoms with E-state index in [1.165, 1.54) is 19.2 Å². The molecule has 160 valence electrons. The van der Waals surface area contributed by atoms with Crippen LogP contribution in [-0.2, 0) is 6.42 Å². The predicted molar refractivity (Wildman–Crippen MR) is 115 cm³/mol. The highest BCUT2D eigenvalue weighted by Gasteiger charge is 2.37. The molecular formula is C23H24FN5O2. The number of aryl methyl sites for hydroxylation is 1. The molecule has 2 aromatic heterocycles. The minimum atomic E-state index is -0.378. The van der Waals surface area contributed by atoms with Gasteiger partial charge < -0.3 is 15.4 Å². The lowest BCUT2D eigenvalue weighted by molar-refractivity contribution is 0.0643. The molecule has 0 spiro atoms. The smallest absolute Gasteiger partial charge is 0.258 e. The molecular weight excluding hydrogens is 397 g/mol. The summed E-state index contributed by atoms with van der Waals surface area (Å²) in [5, 5.41) is 0. The number of carbonyl (C=O) groups excluding carboxylic acids is 1. The third kappa shape index (κ3) is 3.69. The third-order valence-electron chi connectivity index (χ3n) is 5.51. The van der Waals surface area contributed by atoms with E-state index in [0.29, 0.717) is 46.9 Å². The summed E-state index contributed by atoms with van der Waals surface area (Å²) in [7, 11) is 1.52. The second-order valence-electron chi connectivity index (χ2n) is 7.50. The van der Waals surface area contributed by atoms with Gasteiger partial charge in [0.25, 0.3) is 5.91 Å². The van der Waals surface area contributed by atoms with Crippen molar-refractivity contribution in [2.45, 2.75) is 32.7 Å². The number of pyridine rings is 1. The first-order valence-electron chi connectivity index (χ1n) is 10.2. The summed E-state index contributed by atoms with van der Waals surface area (Å²) in [6.45, 7) is 4.33. The molecule has 1 atom stereocenters. The fourth-order valence-electron chi connectivity index (χ4n) is 4.25. The summed E-state index contributed by atoms with van der Waals surface area (Å²) in [6, 6.07) is 7.85. The lowest BCUT2D eigenvalue weighted by Crippen LogP contribution is -2.42. The summed E-state index contributed by atoms with van der Waals surface area (Å²) >= 11 is 0. The molecule has 4 rings (SSSR count). The Balaban J connectivity index is 1.91. The van der Waals surface area contributed by atoms with Gasteiger partial charge in [0.1, 0.15) is 5.82 Å². The van der Waals surface area contributed by atoms with Crippen LogP contribution in [0.1, 0.15) is 46.7 Å². The number of anilines is 1. The number of amides is 1. The molecule has 31 heavy (non-hydrogen) atoms. The summed E-state index contributed by atoms with van der Waals surface area (Å²) < 4.78 is 19.7. The van der Waals surface area contributed by atoms with E-state index in [0.717, 1.165) is 12.0 Å². The van der Waals surface area contributed by atoms with Crippen LogP contribution in [0, 0.1) is 12.7 Å². The number of halogens is 1. The van der Waals surface area contributed by atoms with Gasteiger partial charge in [0.2, 0.25) is 11.8 Å². The van der Waals surface area contributed by atoms with E-state index in [2.05, 4.69) is 15.0 Å². The number of rotatable bonds is 5. The van der Waals surface area contributed by atoms with Crippen LogP contribution in [0.3, 0.4) is 0 Å². The quantitative estimate of drug-likeness (QED) is 0.675. The van der Waals surface area contributed by atoms with Crippen LogP contribution >= 0.6 is 0 Å². The number of nitrogens with zero attached hydrogens (tertiary/aromatic N) is 4. The van der Waals surface area contributed by atoms with E-state index < -0.39 is 0 Å². The molecule has 8 heteroatoms. The summed E-state index contributed by atoms with van der Waals surface area (Å²) in [5.41, 5.74) is 9.64. The van der Waals surface area contributed by atoms with Gasteiger partial charge >= 0.3 is 0 Å². The zero-order valence-corrected chi connectivity index (χ0v) is 17.7. The molecule has 7 nitrogen and oxygen atoms in total. The normalized spacial score (nSPS) is 15.7. The van der Waals surface area contributed by atoms with Gasteiger partial charge in [0.15, 0.2) is 0 Å². The fraction of sp³-hybridized carbons (Fsp3) is 0.304. The molecule has 2 N–H and O–H groups in total. The number of aromatic nitrogens is 3. The Labute approximate surface area is 180 Å². The van der Waals surface area contributed by atoms with E-state index >= 15 is 0 Å². The predicted octanol–water partition coefficient (Wildman–Crippen LogP) is 3.73. The van der Waals surface area contributed by atoms with Gasteiger partial charge in [-0.15, -0.1) is 0 Å². The maximum atomic E-state index is 14.3. The molecule has 1 aromatic carbocycles. The van der Waals surface area contributed by atoms with Crippen molar-refractivity contribution in [1.29, 1.82) is 0 Å². The van der Waals surface area contributed by atoms with Crippen molar-refractivity contribution in [2.24, 2.45) is 0 Å². The number of ether oxygens (including phenoxy) is 1. The van der Waals surface area contributed by atoms with Crippen molar-refractivity contribution >= 4 is 11.9 Å². The minimum Gasteiger partial charge on any atom is -0.481 e. The number of fused-ring (bicyclic) bond motifs is 1. The molecule has 0 saturated carbocycles. The first-order chi connectivity index (χ1) is 14.9. The van der Waals surface area contributed by atoms with Crippen molar-refractivity contribution in [3.8, 4) is 17.0 Å². The Morgan fingerprint density at radius 2 is 2.06 bits per heavy atom. The maximum absolute atomic E-state index is 14.3. The third-order valence-corrected chi connectivity index (χ3v) is 5.51. The minimum absolute atomic E-state index is 0.139. The van der Waals surface area contributed by atoms with Crippen LogP contribution in [0.2, 0.25) is 0 Å². The van der Waals surface area contributed by atoms with Gasteiger partial charge in [-0.25, -0.2) is 19.3 Å². The van der Waals surface area contributed by atoms with Crippen LogP contribution in [0.4, 0.5) is 10.3 Å². The number of benzene rings is 1. The Morgan fingerprint density at radius 3 is 2.81 bits per heavy atom. The first kappa shape index (κ1) is 20.7. The lowest BCUT2D eigenvalue weighted by Gasteiger charge is -2.37. The van der Waals surface area contributed by atoms with Gasteiger partial charge in [0, 0.05) is 24.7 Å². The highest BCUT2D eigenvalue weighted by atomic mass is 19.1. The van der Waals surface area contributed by atoms with Gasteiger partial charge in [-0.1, -0.05) is 13.0 Å². The van der Waals surface area contributed by atoms with Crippen molar-refractivity contribution in [2.75, 3.05) is 19.4 Å². The Hall–Kier alpha value is -3.55. The highest BCUT2D eigenvalue weighted by molar-refractivity contribution is 5.98. The number of hydrogen-bond acceptors (Lipinski definition) is 6. The molecule has 1 amide bonds. The number of carbonyl (C=O) groups is 1. The van der Waals surface area contributed by atoms with Crippen LogP contribution in [0.25, 0.3) is 11.1 Å². The number of nitrogens with two attached hydrogens (primary N) is 1. The van der Waals surface area contributed by atoms with Crippen molar-refractivity contribution in [1.82, 2.24) is 19.9 Å². The monoisotopic (exact) mass is 421 g/mol. The molecule has 1 aliphatic heterocycles. The number of nitrogen functional groups attached to an aromatic ring is 1. The SMILES string of the molecule is CCCN1C(=O)c2c(C)nc(N)nc2C[C@@H]1c1ccc(F)cc1-c1cccnc1OC. The van der Waals surface area contributed by atoms with E-state index in [1.54, 1.807) is 25.3 Å². The van der Waals surface area contributed by atoms with E-state index in [4.69, 9.17) is 10.5 Å². The highest BCUT2D eigenvalue weighted by Crippen LogP contribution is 2.40. The molecule has 0 fully saturated rings. The average molecular weight is 421 g/mol. The lowest BCUT2D eigenvalue weighted by atomic mass is 9.87. The van der Waals surface area contributed by atoms with Gasteiger partial charge in [-0.05, 0) is 48.7 Å². The molecule has 0 bridgehead atoms. The Morgan fingerprint density at radius 1 is 1.26 bits per heavy atom. The van der Waals surface area contributed by atoms with E-state index in [-0.39, 0.29) is 23.7 Å². The first-order valence-corrected chi connectivity index (χ1v) is 10.2. The summed E-state index contributed by atoms with van der Waals surface area (Å²) in [5.74, 6) is 0.0111. The molecule has 0 aliphatic carbocycles. The second-order valence-corrected chi connectivity index (χ2v) is 7.50. The topological polar surface area (TPSA) is 94.2 Å². The largest absolute Gasteiger partial charge is 0.481 e. The molecule has 1 aliphatic rings. The van der Waals surface area contributed by atoms with Gasteiger partial charge in [0.05, 0.1) is 30.1 Å². The molecule has 0 unspecified atom stereocenters. The fourth-order valence-corrected chi connectivity index (χ4v) is 4.25. The van der Waals surface area contributed by atoms with Crippen LogP contribution in [0.15, 0.2) is 36.5 Å². The van der Waals surface area contributed by atoms with Crippen LogP contribution < -0.4 is 10.5 Å². The van der Waals surface area contributed by atoms with Crippen LogP contribution in [0.5, 0.6) is 5.88 Å². The number of methoxy groups -OCH3 is 1. The van der Waals surface area contributed by atoms with Gasteiger partial charge in [-0.2, -0.15) is 0 Å². The van der Waals surface area contributed by atoms with Crippen LogP contribution in [-0.4, -0.2) is 39.4 Å². The van der Waals surface area contributed by atoms with Crippen molar-refractivity contribution in [3.05, 3.63) is 64.9 Å². The van der Waals surface area contributed by atoms with Gasteiger partial charge in [-0.3, -0.25) is 4.79 Å². The molecule has 0 radical (unpaired) electrons. The zero-order valence-electron chi connectivity index (χ0n) is 17.7. The molecule has 3 aromatic rings. The number of hydrogen-bond donors (Lipinski definition) is 1. The summed E-state index contributed by atoms with van der Waals surface area (Å²) in [6.07, 6.45) is 2.85. The second kappa shape index (κ2) is 8.29. The van der Waals surface area contributed by atoms with E-state index in [9.17, 15) is 9.18 Å². The maximum Gasteiger partial charge on any atom is 0.258 e. The van der Waals surface area contributed by atoms with Crippen molar-refractivity contribution in [3.63, 3.8) is 0 Å². The van der Waals surface area contributed by atoms with Crippen molar-refractivity contribution < 1.29 is 13.9 Å². The Bertz CT molecular complexity index is 1150. The molecule has 3 heterocycles. The zero-order chi connectivity index (χ0) is 22.1.